The van der Waals surface area contributed by atoms with Gasteiger partial charge in [0.25, 0.3) is 0 Å². The van der Waals surface area contributed by atoms with Crippen molar-refractivity contribution < 1.29 is 15.0 Å². The first-order chi connectivity index (χ1) is 7.48. The third-order valence-corrected chi connectivity index (χ3v) is 3.48. The van der Waals surface area contributed by atoms with Crippen molar-refractivity contribution in [2.75, 3.05) is 18.1 Å². The number of benzene rings is 1. The molecule has 2 N–H and O–H groups in total. The van der Waals surface area contributed by atoms with E-state index in [4.69, 9.17) is 5.11 Å². The first-order valence-electron chi connectivity index (χ1n) is 4.89. The van der Waals surface area contributed by atoms with Crippen molar-refractivity contribution in [1.82, 2.24) is 0 Å². The third-order valence-electron chi connectivity index (χ3n) is 2.99. The summed E-state index contributed by atoms with van der Waals surface area (Å²) in [4.78, 5) is 12.4. The highest BCUT2D eigenvalue weighted by Gasteiger charge is 2.41. The highest BCUT2D eigenvalue weighted by atomic mass is 79.9. The Balaban J connectivity index is 2.57. The van der Waals surface area contributed by atoms with Crippen LogP contribution in [0.2, 0.25) is 0 Å². The molecule has 1 unspecified atom stereocenters. The number of amides is 1. The average molecular weight is 286 g/mol. The zero-order valence-corrected chi connectivity index (χ0v) is 10.4. The lowest BCUT2D eigenvalue weighted by atomic mass is 9.86. The van der Waals surface area contributed by atoms with Crippen LogP contribution in [0.5, 0.6) is 0 Å². The number of aliphatic hydroxyl groups excluding tert-OH is 1. The summed E-state index contributed by atoms with van der Waals surface area (Å²) in [7, 11) is 0. The van der Waals surface area contributed by atoms with Crippen LogP contribution in [0.25, 0.3) is 0 Å². The standard InChI is InChI=1S/C11H12BrNO3/c1-11(6-14)5-13(10(15)16)9-4-7(12)2-3-8(9)11/h2-4,14H,5-6H2,1H3,(H,15,16). The Morgan fingerprint density at radius 2 is 2.31 bits per heavy atom. The van der Waals surface area contributed by atoms with E-state index in [1.807, 2.05) is 19.1 Å². The predicted molar refractivity (Wildman–Crippen MR) is 64.0 cm³/mol. The van der Waals surface area contributed by atoms with Crippen molar-refractivity contribution in [3.8, 4) is 0 Å². The van der Waals surface area contributed by atoms with E-state index in [0.29, 0.717) is 12.2 Å². The maximum Gasteiger partial charge on any atom is 0.411 e. The minimum Gasteiger partial charge on any atom is -0.465 e. The second-order valence-corrected chi connectivity index (χ2v) is 5.16. The van der Waals surface area contributed by atoms with Gasteiger partial charge in [-0.15, -0.1) is 0 Å². The molecule has 16 heavy (non-hydrogen) atoms. The van der Waals surface area contributed by atoms with Gasteiger partial charge in [-0.1, -0.05) is 28.9 Å². The number of rotatable bonds is 1. The molecule has 2 rings (SSSR count). The summed E-state index contributed by atoms with van der Waals surface area (Å²) in [6.45, 7) is 2.10. The fourth-order valence-electron chi connectivity index (χ4n) is 2.06. The molecule has 0 fully saturated rings. The summed E-state index contributed by atoms with van der Waals surface area (Å²) < 4.78 is 0.833. The monoisotopic (exact) mass is 285 g/mol. The number of hydrogen-bond donors (Lipinski definition) is 2. The van der Waals surface area contributed by atoms with Crippen LogP contribution in [0.4, 0.5) is 10.5 Å². The van der Waals surface area contributed by atoms with Crippen molar-refractivity contribution >= 4 is 27.7 Å². The number of fused-ring (bicyclic) bond motifs is 1. The van der Waals surface area contributed by atoms with Gasteiger partial charge in [-0.2, -0.15) is 0 Å². The normalized spacial score (nSPS) is 23.3. The van der Waals surface area contributed by atoms with Crippen molar-refractivity contribution in [1.29, 1.82) is 0 Å². The minimum absolute atomic E-state index is 0.0641. The van der Waals surface area contributed by atoms with E-state index in [0.717, 1.165) is 10.0 Å². The molecule has 1 aliphatic heterocycles. The molecule has 1 aromatic carbocycles. The van der Waals surface area contributed by atoms with Crippen LogP contribution >= 0.6 is 15.9 Å². The van der Waals surface area contributed by atoms with Crippen molar-refractivity contribution in [2.24, 2.45) is 0 Å². The predicted octanol–water partition coefficient (Wildman–Crippen LogP) is 2.20. The van der Waals surface area contributed by atoms with Gasteiger partial charge >= 0.3 is 6.09 Å². The van der Waals surface area contributed by atoms with Gasteiger partial charge in [0.2, 0.25) is 0 Å². The smallest absolute Gasteiger partial charge is 0.411 e. The number of carbonyl (C=O) groups is 1. The largest absolute Gasteiger partial charge is 0.465 e. The molecule has 0 aromatic heterocycles. The van der Waals surface area contributed by atoms with Crippen molar-refractivity contribution in [2.45, 2.75) is 12.3 Å². The van der Waals surface area contributed by atoms with Crippen LogP contribution in [0.3, 0.4) is 0 Å². The molecule has 1 atom stereocenters. The lowest BCUT2D eigenvalue weighted by molar-refractivity contribution is 0.193. The minimum atomic E-state index is -0.989. The van der Waals surface area contributed by atoms with Gasteiger partial charge in [-0.3, -0.25) is 4.90 Å². The Kier molecular flexibility index (Phi) is 2.67. The van der Waals surface area contributed by atoms with Gasteiger partial charge in [-0.05, 0) is 17.7 Å². The van der Waals surface area contributed by atoms with Gasteiger partial charge in [0.1, 0.15) is 0 Å². The summed E-state index contributed by atoms with van der Waals surface area (Å²) in [5, 5.41) is 18.5. The van der Waals surface area contributed by atoms with E-state index in [1.165, 1.54) is 4.90 Å². The molecule has 1 heterocycles. The van der Waals surface area contributed by atoms with Crippen LogP contribution in [0.1, 0.15) is 12.5 Å². The Bertz CT molecular complexity index is 449. The summed E-state index contributed by atoms with van der Waals surface area (Å²) in [5.74, 6) is 0. The van der Waals surface area contributed by atoms with Gasteiger partial charge in [0, 0.05) is 16.4 Å². The summed E-state index contributed by atoms with van der Waals surface area (Å²) in [6, 6.07) is 5.49. The first kappa shape index (κ1) is 11.4. The molecule has 4 nitrogen and oxygen atoms in total. The fourth-order valence-corrected chi connectivity index (χ4v) is 2.41. The number of hydrogen-bond acceptors (Lipinski definition) is 2. The number of halogens is 1. The second-order valence-electron chi connectivity index (χ2n) is 4.25. The highest BCUT2D eigenvalue weighted by Crippen LogP contribution is 2.41. The van der Waals surface area contributed by atoms with E-state index in [-0.39, 0.29) is 6.61 Å². The molecule has 0 radical (unpaired) electrons. The van der Waals surface area contributed by atoms with Gasteiger partial charge in [0.15, 0.2) is 0 Å². The molecule has 1 aromatic rings. The Hall–Kier alpha value is -1.07. The van der Waals surface area contributed by atoms with E-state index in [9.17, 15) is 9.90 Å². The van der Waals surface area contributed by atoms with Crippen LogP contribution in [0, 0.1) is 0 Å². The molecule has 0 saturated heterocycles. The second kappa shape index (κ2) is 3.75. The average Bonchev–Trinajstić information content (AvgIpc) is 2.53. The third kappa shape index (κ3) is 1.60. The van der Waals surface area contributed by atoms with Crippen molar-refractivity contribution in [3.63, 3.8) is 0 Å². The van der Waals surface area contributed by atoms with Gasteiger partial charge in [0.05, 0.1) is 12.3 Å². The molecule has 0 bridgehead atoms. The van der Waals surface area contributed by atoms with Crippen LogP contribution < -0.4 is 4.90 Å². The lowest BCUT2D eigenvalue weighted by Crippen LogP contribution is -2.36. The molecule has 0 spiro atoms. The van der Waals surface area contributed by atoms with E-state index < -0.39 is 11.5 Å². The highest BCUT2D eigenvalue weighted by molar-refractivity contribution is 9.10. The number of carboxylic acid groups (broad SMARTS) is 1. The van der Waals surface area contributed by atoms with Crippen LogP contribution in [-0.2, 0) is 5.41 Å². The summed E-state index contributed by atoms with van der Waals surface area (Å²) in [5.41, 5.74) is 1.02. The quantitative estimate of drug-likeness (QED) is 0.832. The summed E-state index contributed by atoms with van der Waals surface area (Å²) >= 11 is 3.32. The molecule has 1 amide bonds. The molecule has 0 aliphatic carbocycles. The maximum absolute atomic E-state index is 11.1. The molecular formula is C11H12BrNO3. The molecule has 5 heteroatoms. The molecule has 1 aliphatic rings. The zero-order chi connectivity index (χ0) is 11.9. The number of nitrogens with zero attached hydrogens (tertiary/aromatic N) is 1. The number of aliphatic hydroxyl groups is 1. The first-order valence-corrected chi connectivity index (χ1v) is 5.68. The van der Waals surface area contributed by atoms with E-state index in [1.54, 1.807) is 6.07 Å². The van der Waals surface area contributed by atoms with Crippen molar-refractivity contribution in [3.05, 3.63) is 28.2 Å². The maximum atomic E-state index is 11.1. The summed E-state index contributed by atoms with van der Waals surface area (Å²) in [6.07, 6.45) is -0.989. The zero-order valence-electron chi connectivity index (χ0n) is 8.77. The number of anilines is 1. The molecule has 0 saturated carbocycles. The Morgan fingerprint density at radius 1 is 1.62 bits per heavy atom. The fraction of sp³-hybridized carbons (Fsp3) is 0.364. The molecular weight excluding hydrogens is 274 g/mol. The van der Waals surface area contributed by atoms with E-state index in [2.05, 4.69) is 15.9 Å². The van der Waals surface area contributed by atoms with Crippen LogP contribution in [-0.4, -0.2) is 29.5 Å². The Labute approximate surface area is 102 Å². The van der Waals surface area contributed by atoms with Crippen LogP contribution in [0.15, 0.2) is 22.7 Å². The topological polar surface area (TPSA) is 60.8 Å². The lowest BCUT2D eigenvalue weighted by Gasteiger charge is -2.21. The van der Waals surface area contributed by atoms with Gasteiger partial charge < -0.3 is 10.2 Å². The molecule has 86 valence electrons. The van der Waals surface area contributed by atoms with E-state index >= 15 is 0 Å². The SMILES string of the molecule is CC1(CO)CN(C(=O)O)c2cc(Br)ccc21. The Morgan fingerprint density at radius 3 is 2.88 bits per heavy atom. The van der Waals surface area contributed by atoms with Gasteiger partial charge in [-0.25, -0.2) is 4.79 Å².